The number of imidazole rings is 1. The third kappa shape index (κ3) is 4.57. The number of fused-ring (bicyclic) bond motifs is 3. The SMILES string of the molecule is CCOCc1nc2c(N)nc3cc(Cc4ccc(CN)s4)ccc3c2n1CC(C)(C)O. The van der Waals surface area contributed by atoms with Gasteiger partial charge in [0.15, 0.2) is 5.82 Å². The molecular weight excluding hydrogens is 410 g/mol. The van der Waals surface area contributed by atoms with Gasteiger partial charge in [-0.3, -0.25) is 0 Å². The van der Waals surface area contributed by atoms with Gasteiger partial charge in [0.2, 0.25) is 0 Å². The van der Waals surface area contributed by atoms with Gasteiger partial charge in [0.1, 0.15) is 17.9 Å². The smallest absolute Gasteiger partial charge is 0.152 e. The van der Waals surface area contributed by atoms with Crippen LogP contribution in [0.25, 0.3) is 21.9 Å². The zero-order valence-electron chi connectivity index (χ0n) is 18.2. The van der Waals surface area contributed by atoms with Gasteiger partial charge in [-0.15, -0.1) is 11.3 Å². The summed E-state index contributed by atoms with van der Waals surface area (Å²) >= 11 is 1.73. The first kappa shape index (κ1) is 21.7. The average molecular weight is 440 g/mol. The van der Waals surface area contributed by atoms with Crippen molar-refractivity contribution >= 4 is 39.1 Å². The van der Waals surface area contributed by atoms with Crippen LogP contribution in [0, 0.1) is 0 Å². The second-order valence-corrected chi connectivity index (χ2v) is 9.61. The molecule has 0 aliphatic heterocycles. The first-order valence-corrected chi connectivity index (χ1v) is 11.3. The molecule has 0 fully saturated rings. The minimum atomic E-state index is -0.918. The van der Waals surface area contributed by atoms with E-state index in [9.17, 15) is 5.11 Å². The summed E-state index contributed by atoms with van der Waals surface area (Å²) < 4.78 is 7.63. The second-order valence-electron chi connectivity index (χ2n) is 8.36. The van der Waals surface area contributed by atoms with E-state index in [0.717, 1.165) is 34.2 Å². The number of nitrogens with two attached hydrogens (primary N) is 2. The van der Waals surface area contributed by atoms with Gasteiger partial charge in [-0.1, -0.05) is 12.1 Å². The fourth-order valence-corrected chi connectivity index (χ4v) is 4.73. The van der Waals surface area contributed by atoms with Crippen molar-refractivity contribution in [3.63, 3.8) is 0 Å². The number of pyridine rings is 1. The Bertz CT molecular complexity index is 1220. The van der Waals surface area contributed by atoms with E-state index in [1.807, 2.05) is 11.5 Å². The molecule has 5 N–H and O–H groups in total. The summed E-state index contributed by atoms with van der Waals surface area (Å²) in [7, 11) is 0. The normalized spacial score (nSPS) is 12.3. The lowest BCUT2D eigenvalue weighted by Gasteiger charge is -2.20. The van der Waals surface area contributed by atoms with E-state index >= 15 is 0 Å². The Kier molecular flexibility index (Phi) is 5.98. The molecule has 0 saturated carbocycles. The van der Waals surface area contributed by atoms with Crippen LogP contribution >= 0.6 is 11.3 Å². The summed E-state index contributed by atoms with van der Waals surface area (Å²) in [5, 5.41) is 11.5. The van der Waals surface area contributed by atoms with E-state index in [1.165, 1.54) is 9.75 Å². The lowest BCUT2D eigenvalue weighted by molar-refractivity contribution is 0.0582. The third-order valence-electron chi connectivity index (χ3n) is 5.12. The fraction of sp³-hybridized carbons (Fsp3) is 0.391. The maximum atomic E-state index is 10.5. The predicted molar refractivity (Wildman–Crippen MR) is 126 cm³/mol. The molecule has 0 aliphatic carbocycles. The number of hydrogen-bond donors (Lipinski definition) is 3. The highest BCUT2D eigenvalue weighted by atomic mass is 32.1. The molecule has 0 aliphatic rings. The van der Waals surface area contributed by atoms with Crippen LogP contribution in [-0.2, 0) is 30.9 Å². The Hall–Kier alpha value is -2.52. The van der Waals surface area contributed by atoms with Crippen molar-refractivity contribution in [2.75, 3.05) is 12.3 Å². The summed E-state index contributed by atoms with van der Waals surface area (Å²) in [5.74, 6) is 1.12. The molecule has 0 amide bonds. The number of ether oxygens (including phenoxy) is 1. The van der Waals surface area contributed by atoms with Gasteiger partial charge >= 0.3 is 0 Å². The molecule has 4 aromatic rings. The number of thiophene rings is 1. The van der Waals surface area contributed by atoms with Crippen molar-refractivity contribution in [2.24, 2.45) is 5.73 Å². The highest BCUT2D eigenvalue weighted by Gasteiger charge is 2.22. The molecule has 0 atom stereocenters. The molecular formula is C23H29N5O2S. The number of anilines is 1. The lowest BCUT2D eigenvalue weighted by Crippen LogP contribution is -2.27. The summed E-state index contributed by atoms with van der Waals surface area (Å²) in [5.41, 5.74) is 14.6. The fourth-order valence-electron chi connectivity index (χ4n) is 3.80. The molecule has 0 bridgehead atoms. The van der Waals surface area contributed by atoms with E-state index in [0.29, 0.717) is 37.6 Å². The third-order valence-corrected chi connectivity index (χ3v) is 6.23. The largest absolute Gasteiger partial charge is 0.389 e. The van der Waals surface area contributed by atoms with Crippen molar-refractivity contribution in [1.29, 1.82) is 0 Å². The van der Waals surface area contributed by atoms with Crippen molar-refractivity contribution in [1.82, 2.24) is 14.5 Å². The Morgan fingerprint density at radius 1 is 1.16 bits per heavy atom. The topological polar surface area (TPSA) is 112 Å². The molecule has 164 valence electrons. The zero-order chi connectivity index (χ0) is 22.2. The summed E-state index contributed by atoms with van der Waals surface area (Å²) in [6.45, 7) is 7.38. The van der Waals surface area contributed by atoms with E-state index < -0.39 is 5.60 Å². The molecule has 0 radical (unpaired) electrons. The highest BCUT2D eigenvalue weighted by Crippen LogP contribution is 2.31. The van der Waals surface area contributed by atoms with E-state index in [2.05, 4.69) is 35.3 Å². The number of benzene rings is 1. The average Bonchev–Trinajstić information content (AvgIpc) is 3.30. The maximum absolute atomic E-state index is 10.5. The second kappa shape index (κ2) is 8.55. The summed E-state index contributed by atoms with van der Waals surface area (Å²) in [6, 6.07) is 10.5. The van der Waals surface area contributed by atoms with Crippen LogP contribution in [0.3, 0.4) is 0 Å². The van der Waals surface area contributed by atoms with E-state index in [1.54, 1.807) is 25.2 Å². The monoisotopic (exact) mass is 439 g/mol. The van der Waals surface area contributed by atoms with Crippen LogP contribution in [0.4, 0.5) is 5.82 Å². The minimum Gasteiger partial charge on any atom is -0.389 e. The number of nitrogen functional groups attached to an aromatic ring is 1. The van der Waals surface area contributed by atoms with Crippen LogP contribution in [0.2, 0.25) is 0 Å². The standard InChI is InChI=1S/C23H29N5O2S/c1-4-30-12-19-27-20-21(28(19)13-23(2,3)29)17-8-5-14(10-18(17)26-22(20)25)9-15-6-7-16(11-24)31-15/h5-8,10,29H,4,9,11-13,24H2,1-3H3,(H2,25,26). The molecule has 8 heteroatoms. The molecule has 3 heterocycles. The van der Waals surface area contributed by atoms with Crippen LogP contribution in [0.15, 0.2) is 30.3 Å². The number of rotatable bonds is 8. The van der Waals surface area contributed by atoms with Gasteiger partial charge in [-0.05, 0) is 44.5 Å². The minimum absolute atomic E-state index is 0.349. The number of aliphatic hydroxyl groups is 1. The molecule has 0 saturated heterocycles. The number of aromatic nitrogens is 3. The lowest BCUT2D eigenvalue weighted by atomic mass is 10.1. The van der Waals surface area contributed by atoms with Crippen LogP contribution in [-0.4, -0.2) is 31.8 Å². The molecule has 7 nitrogen and oxygen atoms in total. The van der Waals surface area contributed by atoms with Crippen LogP contribution < -0.4 is 11.5 Å². The molecule has 0 spiro atoms. The molecule has 1 aromatic carbocycles. The van der Waals surface area contributed by atoms with Gasteiger partial charge in [-0.2, -0.15) is 0 Å². The van der Waals surface area contributed by atoms with Crippen molar-refractivity contribution in [3.05, 3.63) is 51.5 Å². The molecule has 31 heavy (non-hydrogen) atoms. The Morgan fingerprint density at radius 3 is 2.61 bits per heavy atom. The molecule has 3 aromatic heterocycles. The maximum Gasteiger partial charge on any atom is 0.152 e. The van der Waals surface area contributed by atoms with Gasteiger partial charge < -0.3 is 25.9 Å². The van der Waals surface area contributed by atoms with Crippen molar-refractivity contribution in [3.8, 4) is 0 Å². The van der Waals surface area contributed by atoms with Gasteiger partial charge in [-0.25, -0.2) is 9.97 Å². The quantitative estimate of drug-likeness (QED) is 0.387. The van der Waals surface area contributed by atoms with E-state index in [-0.39, 0.29) is 0 Å². The van der Waals surface area contributed by atoms with Gasteiger partial charge in [0, 0.05) is 34.7 Å². The Balaban J connectivity index is 1.83. The van der Waals surface area contributed by atoms with Gasteiger partial charge in [0.05, 0.1) is 23.2 Å². The van der Waals surface area contributed by atoms with Crippen molar-refractivity contribution < 1.29 is 9.84 Å². The molecule has 4 rings (SSSR count). The van der Waals surface area contributed by atoms with Crippen LogP contribution in [0.1, 0.15) is 41.9 Å². The van der Waals surface area contributed by atoms with Crippen LogP contribution in [0.5, 0.6) is 0 Å². The van der Waals surface area contributed by atoms with Gasteiger partial charge in [0.25, 0.3) is 0 Å². The summed E-state index contributed by atoms with van der Waals surface area (Å²) in [6.07, 6.45) is 0.818. The Morgan fingerprint density at radius 2 is 1.94 bits per heavy atom. The van der Waals surface area contributed by atoms with E-state index in [4.69, 9.17) is 21.2 Å². The number of hydrogen-bond acceptors (Lipinski definition) is 7. The van der Waals surface area contributed by atoms with Crippen molar-refractivity contribution in [2.45, 2.75) is 52.5 Å². The molecule has 0 unspecified atom stereocenters. The first-order chi connectivity index (χ1) is 14.8. The summed E-state index contributed by atoms with van der Waals surface area (Å²) in [4.78, 5) is 11.8. The predicted octanol–water partition coefficient (Wildman–Crippen LogP) is 3.59. The zero-order valence-corrected chi connectivity index (χ0v) is 19.0. The number of nitrogens with zero attached hydrogens (tertiary/aromatic N) is 3. The highest BCUT2D eigenvalue weighted by molar-refractivity contribution is 7.12. The Labute approximate surface area is 185 Å². The first-order valence-electron chi connectivity index (χ1n) is 10.4.